The van der Waals surface area contributed by atoms with Gasteiger partial charge in [0, 0.05) is 31.9 Å². The predicted octanol–water partition coefficient (Wildman–Crippen LogP) is 3.97. The van der Waals surface area contributed by atoms with Gasteiger partial charge >= 0.3 is 0 Å². The first-order chi connectivity index (χ1) is 13.0. The third kappa shape index (κ3) is 3.33. The first-order valence-electron chi connectivity index (χ1n) is 9.27. The maximum atomic E-state index is 13.1. The van der Waals surface area contributed by atoms with Gasteiger partial charge in [-0.05, 0) is 47.9 Å². The van der Waals surface area contributed by atoms with Crippen LogP contribution in [0.4, 0.5) is 5.69 Å². The fourth-order valence-corrected chi connectivity index (χ4v) is 5.39. The van der Waals surface area contributed by atoms with Crippen molar-refractivity contribution in [1.82, 2.24) is 4.31 Å². The average molecular weight is 381 g/mol. The molecule has 0 amide bonds. The van der Waals surface area contributed by atoms with Crippen LogP contribution in [0.2, 0.25) is 0 Å². The van der Waals surface area contributed by atoms with Crippen molar-refractivity contribution in [1.29, 1.82) is 0 Å². The summed E-state index contributed by atoms with van der Waals surface area (Å²) in [6, 6.07) is 19.5. The van der Waals surface area contributed by atoms with E-state index < -0.39 is 10.0 Å². The van der Waals surface area contributed by atoms with Crippen LogP contribution in [0, 0.1) is 13.8 Å². The van der Waals surface area contributed by atoms with Gasteiger partial charge in [-0.3, -0.25) is 0 Å². The first kappa shape index (κ1) is 18.0. The minimum Gasteiger partial charge on any atom is -0.368 e. The molecule has 0 bridgehead atoms. The number of anilines is 1. The summed E-state index contributed by atoms with van der Waals surface area (Å²) in [6.07, 6.45) is 0. The number of hydrogen-bond acceptors (Lipinski definition) is 3. The second-order valence-corrected chi connectivity index (χ2v) is 9.08. The van der Waals surface area contributed by atoms with Crippen molar-refractivity contribution in [2.75, 3.05) is 31.1 Å². The van der Waals surface area contributed by atoms with Crippen LogP contribution in [0.3, 0.4) is 0 Å². The van der Waals surface area contributed by atoms with E-state index in [0.29, 0.717) is 31.1 Å². The molecule has 4 rings (SSSR count). The van der Waals surface area contributed by atoms with Gasteiger partial charge in [0.1, 0.15) is 0 Å². The lowest BCUT2D eigenvalue weighted by atomic mass is 10.1. The number of para-hydroxylation sites is 1. The molecule has 3 aromatic carbocycles. The third-order valence-corrected chi connectivity index (χ3v) is 7.25. The molecule has 1 fully saturated rings. The van der Waals surface area contributed by atoms with E-state index in [1.807, 2.05) is 30.3 Å². The molecule has 0 unspecified atom stereocenters. The Kier molecular flexibility index (Phi) is 4.66. The number of nitrogens with zero attached hydrogens (tertiary/aromatic N) is 2. The topological polar surface area (TPSA) is 40.6 Å². The highest BCUT2D eigenvalue weighted by molar-refractivity contribution is 7.89. The molecule has 0 aromatic heterocycles. The van der Waals surface area contributed by atoms with Crippen molar-refractivity contribution in [3.63, 3.8) is 0 Å². The quantitative estimate of drug-likeness (QED) is 0.690. The lowest BCUT2D eigenvalue weighted by Gasteiger charge is -2.37. The summed E-state index contributed by atoms with van der Waals surface area (Å²) in [5, 5.41) is 2.00. The Morgan fingerprint density at radius 3 is 2.04 bits per heavy atom. The van der Waals surface area contributed by atoms with E-state index in [4.69, 9.17) is 0 Å². The van der Waals surface area contributed by atoms with Gasteiger partial charge in [0.2, 0.25) is 10.0 Å². The van der Waals surface area contributed by atoms with Gasteiger partial charge < -0.3 is 4.90 Å². The smallest absolute Gasteiger partial charge is 0.243 e. The van der Waals surface area contributed by atoms with Gasteiger partial charge in [-0.1, -0.05) is 48.5 Å². The van der Waals surface area contributed by atoms with Crippen LogP contribution in [-0.4, -0.2) is 38.9 Å². The Hall–Kier alpha value is -2.37. The second kappa shape index (κ2) is 6.98. The van der Waals surface area contributed by atoms with Crippen molar-refractivity contribution in [2.24, 2.45) is 0 Å². The van der Waals surface area contributed by atoms with Crippen molar-refractivity contribution in [2.45, 2.75) is 18.7 Å². The molecule has 0 N–H and O–H groups in total. The lowest BCUT2D eigenvalue weighted by Crippen LogP contribution is -2.49. The largest absolute Gasteiger partial charge is 0.368 e. The summed E-state index contributed by atoms with van der Waals surface area (Å²) >= 11 is 0. The van der Waals surface area contributed by atoms with Gasteiger partial charge in [-0.25, -0.2) is 8.42 Å². The van der Waals surface area contributed by atoms with Gasteiger partial charge in [0.25, 0.3) is 0 Å². The molecular weight excluding hydrogens is 356 g/mol. The summed E-state index contributed by atoms with van der Waals surface area (Å²) < 4.78 is 27.8. The molecule has 0 radical (unpaired) electrons. The third-order valence-electron chi connectivity index (χ3n) is 5.35. The predicted molar refractivity (Wildman–Crippen MR) is 111 cm³/mol. The van der Waals surface area contributed by atoms with E-state index in [1.165, 1.54) is 16.8 Å². The van der Waals surface area contributed by atoms with E-state index in [2.05, 4.69) is 36.9 Å². The van der Waals surface area contributed by atoms with Crippen LogP contribution in [0.5, 0.6) is 0 Å². The SMILES string of the molecule is Cc1cccc(C)c1N1CCN(S(=O)(=O)c2ccc3ccccc3c2)CC1. The fourth-order valence-electron chi connectivity index (χ4n) is 3.93. The molecule has 0 atom stereocenters. The first-order valence-corrected chi connectivity index (χ1v) is 10.7. The maximum Gasteiger partial charge on any atom is 0.243 e. The van der Waals surface area contributed by atoms with Gasteiger partial charge in [0.05, 0.1) is 4.90 Å². The van der Waals surface area contributed by atoms with E-state index in [1.54, 1.807) is 16.4 Å². The zero-order chi connectivity index (χ0) is 19.0. The molecule has 1 heterocycles. The van der Waals surface area contributed by atoms with Crippen LogP contribution in [0.25, 0.3) is 10.8 Å². The Labute approximate surface area is 161 Å². The maximum absolute atomic E-state index is 13.1. The second-order valence-electron chi connectivity index (χ2n) is 7.14. The molecule has 27 heavy (non-hydrogen) atoms. The number of aryl methyl sites for hydroxylation is 2. The zero-order valence-corrected chi connectivity index (χ0v) is 16.5. The Morgan fingerprint density at radius 2 is 1.37 bits per heavy atom. The highest BCUT2D eigenvalue weighted by Crippen LogP contribution is 2.28. The summed E-state index contributed by atoms with van der Waals surface area (Å²) in [6.45, 7) is 6.64. The summed E-state index contributed by atoms with van der Waals surface area (Å²) in [4.78, 5) is 2.68. The highest BCUT2D eigenvalue weighted by atomic mass is 32.2. The standard InChI is InChI=1S/C22H24N2O2S/c1-17-6-5-7-18(2)22(17)23-12-14-24(15-13-23)27(25,26)21-11-10-19-8-3-4-9-20(19)16-21/h3-11,16H,12-15H2,1-2H3. The summed E-state index contributed by atoms with van der Waals surface area (Å²) in [5.74, 6) is 0. The number of benzene rings is 3. The van der Waals surface area contributed by atoms with Gasteiger partial charge in [0.15, 0.2) is 0 Å². The number of hydrogen-bond donors (Lipinski definition) is 0. The number of fused-ring (bicyclic) bond motifs is 1. The van der Waals surface area contributed by atoms with Crippen LogP contribution in [0.1, 0.15) is 11.1 Å². The Morgan fingerprint density at radius 1 is 0.741 bits per heavy atom. The van der Waals surface area contributed by atoms with Crippen molar-refractivity contribution in [3.05, 3.63) is 71.8 Å². The zero-order valence-electron chi connectivity index (χ0n) is 15.7. The van der Waals surface area contributed by atoms with Crippen LogP contribution in [-0.2, 0) is 10.0 Å². The van der Waals surface area contributed by atoms with Crippen LogP contribution >= 0.6 is 0 Å². The van der Waals surface area contributed by atoms with Crippen LogP contribution < -0.4 is 4.90 Å². The van der Waals surface area contributed by atoms with Crippen molar-refractivity contribution < 1.29 is 8.42 Å². The summed E-state index contributed by atoms with van der Waals surface area (Å²) in [7, 11) is -3.47. The molecular formula is C22H24N2O2S. The minimum atomic E-state index is -3.47. The van der Waals surface area contributed by atoms with E-state index in [0.717, 1.165) is 10.8 Å². The molecule has 1 aliphatic rings. The molecule has 140 valence electrons. The normalized spacial score (nSPS) is 16.0. The Balaban J connectivity index is 1.56. The van der Waals surface area contributed by atoms with Crippen molar-refractivity contribution >= 4 is 26.5 Å². The molecule has 0 saturated carbocycles. The number of sulfonamides is 1. The molecule has 4 nitrogen and oxygen atoms in total. The molecule has 1 saturated heterocycles. The fraction of sp³-hybridized carbons (Fsp3) is 0.273. The molecule has 5 heteroatoms. The average Bonchev–Trinajstić information content (AvgIpc) is 2.68. The van der Waals surface area contributed by atoms with Crippen LogP contribution in [0.15, 0.2) is 65.6 Å². The number of rotatable bonds is 3. The monoisotopic (exact) mass is 380 g/mol. The van der Waals surface area contributed by atoms with Gasteiger partial charge in [-0.15, -0.1) is 0 Å². The number of piperazine rings is 1. The van der Waals surface area contributed by atoms with E-state index >= 15 is 0 Å². The van der Waals surface area contributed by atoms with E-state index in [-0.39, 0.29) is 0 Å². The Bertz CT molecular complexity index is 1060. The molecule has 1 aliphatic heterocycles. The lowest BCUT2D eigenvalue weighted by molar-refractivity contribution is 0.384. The molecule has 0 spiro atoms. The summed E-state index contributed by atoms with van der Waals surface area (Å²) in [5.41, 5.74) is 3.71. The van der Waals surface area contributed by atoms with Crippen molar-refractivity contribution in [3.8, 4) is 0 Å². The molecule has 3 aromatic rings. The molecule has 0 aliphatic carbocycles. The van der Waals surface area contributed by atoms with Gasteiger partial charge in [-0.2, -0.15) is 4.31 Å². The minimum absolute atomic E-state index is 0.377. The van der Waals surface area contributed by atoms with E-state index in [9.17, 15) is 8.42 Å². The highest BCUT2D eigenvalue weighted by Gasteiger charge is 2.29.